The van der Waals surface area contributed by atoms with Crippen LogP contribution in [0.5, 0.6) is 0 Å². The van der Waals surface area contributed by atoms with Crippen LogP contribution < -0.4 is 5.32 Å². The number of hydrogen-bond acceptors (Lipinski definition) is 4. The molecule has 0 spiro atoms. The van der Waals surface area contributed by atoms with Crippen LogP contribution in [0.25, 0.3) is 0 Å². The van der Waals surface area contributed by atoms with Crippen LogP contribution in [-0.2, 0) is 11.3 Å². The lowest BCUT2D eigenvalue weighted by atomic mass is 10.3. The molecule has 5 nitrogen and oxygen atoms in total. The molecule has 18 heavy (non-hydrogen) atoms. The van der Waals surface area contributed by atoms with E-state index in [1.54, 1.807) is 7.11 Å². The van der Waals surface area contributed by atoms with Gasteiger partial charge in [-0.3, -0.25) is 4.68 Å². The number of methoxy groups -OCH3 is 1. The Balaban J connectivity index is 1.73. The molecular weight excluding hydrogens is 230 g/mol. The average Bonchev–Trinajstić information content (AvgIpc) is 2.99. The molecule has 0 saturated heterocycles. The zero-order valence-electron chi connectivity index (χ0n) is 11.0. The molecule has 0 aliphatic heterocycles. The van der Waals surface area contributed by atoms with E-state index in [0.717, 1.165) is 5.69 Å². The summed E-state index contributed by atoms with van der Waals surface area (Å²) >= 11 is 0. The summed E-state index contributed by atoms with van der Waals surface area (Å²) in [7, 11) is 1.59. The van der Waals surface area contributed by atoms with Gasteiger partial charge >= 0.3 is 0 Å². The van der Waals surface area contributed by atoms with Gasteiger partial charge in [0, 0.05) is 26.4 Å². The van der Waals surface area contributed by atoms with Crippen molar-refractivity contribution in [2.24, 2.45) is 0 Å². The number of rotatable bonds is 7. The van der Waals surface area contributed by atoms with Crippen LogP contribution in [0.4, 0.5) is 0 Å². The quantitative estimate of drug-likeness (QED) is 0.764. The van der Waals surface area contributed by atoms with E-state index < -0.39 is 6.10 Å². The lowest BCUT2D eigenvalue weighted by Gasteiger charge is -2.10. The van der Waals surface area contributed by atoms with Gasteiger partial charge in [0.2, 0.25) is 0 Å². The van der Waals surface area contributed by atoms with E-state index in [0.29, 0.717) is 25.7 Å². The molecule has 5 heteroatoms. The largest absolute Gasteiger partial charge is 0.389 e. The number of hydrogen-bond donors (Lipinski definition) is 2. The summed E-state index contributed by atoms with van der Waals surface area (Å²) in [5, 5.41) is 17.3. The molecule has 1 aromatic rings. The number of aliphatic hydroxyl groups excluding tert-OH is 1. The first-order valence-electron chi connectivity index (χ1n) is 6.71. The lowest BCUT2D eigenvalue weighted by Crippen LogP contribution is -2.29. The summed E-state index contributed by atoms with van der Waals surface area (Å²) in [4.78, 5) is 0. The second-order valence-corrected chi connectivity index (χ2v) is 4.97. The molecule has 1 aliphatic carbocycles. The maximum atomic E-state index is 9.49. The highest BCUT2D eigenvalue weighted by Crippen LogP contribution is 2.28. The minimum Gasteiger partial charge on any atom is -0.389 e. The first-order valence-corrected chi connectivity index (χ1v) is 6.71. The molecule has 0 amide bonds. The van der Waals surface area contributed by atoms with E-state index in [9.17, 15) is 5.11 Å². The fourth-order valence-electron chi connectivity index (χ4n) is 2.46. The van der Waals surface area contributed by atoms with E-state index >= 15 is 0 Å². The number of nitrogens with one attached hydrogen (secondary N) is 1. The van der Waals surface area contributed by atoms with E-state index in [4.69, 9.17) is 4.74 Å². The normalized spacial score (nSPS) is 18.3. The van der Waals surface area contributed by atoms with E-state index in [1.165, 1.54) is 25.7 Å². The van der Waals surface area contributed by atoms with Crippen molar-refractivity contribution in [3.63, 3.8) is 0 Å². The van der Waals surface area contributed by atoms with Gasteiger partial charge in [-0.15, -0.1) is 0 Å². The summed E-state index contributed by atoms with van der Waals surface area (Å²) in [5.74, 6) is 0. The molecule has 2 N–H and O–H groups in total. The fraction of sp³-hybridized carbons (Fsp3) is 0.769. The third-order valence-electron chi connectivity index (χ3n) is 3.41. The molecule has 0 radical (unpaired) electrons. The van der Waals surface area contributed by atoms with Gasteiger partial charge in [0.05, 0.1) is 24.4 Å². The zero-order chi connectivity index (χ0) is 12.8. The summed E-state index contributed by atoms with van der Waals surface area (Å²) < 4.78 is 6.96. The van der Waals surface area contributed by atoms with Crippen LogP contribution in [-0.4, -0.2) is 41.3 Å². The molecule has 102 valence electrons. The van der Waals surface area contributed by atoms with Crippen molar-refractivity contribution in [1.82, 2.24) is 15.1 Å². The highest BCUT2D eigenvalue weighted by Gasteiger charge is 2.17. The number of aliphatic hydroxyl groups is 1. The molecule has 1 aliphatic rings. The van der Waals surface area contributed by atoms with Crippen LogP contribution >= 0.6 is 0 Å². The second kappa shape index (κ2) is 6.87. The van der Waals surface area contributed by atoms with E-state index in [2.05, 4.69) is 21.3 Å². The topological polar surface area (TPSA) is 59.3 Å². The smallest absolute Gasteiger partial charge is 0.0897 e. The minimum absolute atomic E-state index is 0.365. The monoisotopic (exact) mass is 253 g/mol. The molecule has 1 heterocycles. The molecule has 1 fully saturated rings. The first kappa shape index (κ1) is 13.5. The Morgan fingerprint density at radius 3 is 3.06 bits per heavy atom. The van der Waals surface area contributed by atoms with Crippen molar-refractivity contribution in [2.45, 2.75) is 44.4 Å². The van der Waals surface area contributed by atoms with Crippen LogP contribution in [0.3, 0.4) is 0 Å². The maximum absolute atomic E-state index is 9.49. The SMILES string of the molecule is COCC(O)CNCc1ccn(C2CCCC2)n1. The van der Waals surface area contributed by atoms with Gasteiger partial charge in [0.15, 0.2) is 0 Å². The summed E-state index contributed by atoms with van der Waals surface area (Å²) in [6, 6.07) is 2.64. The Bertz CT molecular complexity index is 348. The van der Waals surface area contributed by atoms with Gasteiger partial charge in [-0.2, -0.15) is 5.10 Å². The summed E-state index contributed by atoms with van der Waals surface area (Å²) in [6.07, 6.45) is 6.76. The number of nitrogens with zero attached hydrogens (tertiary/aromatic N) is 2. The van der Waals surface area contributed by atoms with Crippen molar-refractivity contribution in [3.8, 4) is 0 Å². The highest BCUT2D eigenvalue weighted by atomic mass is 16.5. The summed E-state index contributed by atoms with van der Waals surface area (Å²) in [6.45, 7) is 1.59. The Morgan fingerprint density at radius 2 is 2.33 bits per heavy atom. The van der Waals surface area contributed by atoms with Crippen LogP contribution in [0.15, 0.2) is 12.3 Å². The summed E-state index contributed by atoms with van der Waals surface area (Å²) in [5.41, 5.74) is 1.03. The van der Waals surface area contributed by atoms with Crippen molar-refractivity contribution >= 4 is 0 Å². The molecule has 1 atom stereocenters. The second-order valence-electron chi connectivity index (χ2n) is 4.97. The van der Waals surface area contributed by atoms with Gasteiger partial charge in [-0.05, 0) is 18.9 Å². The van der Waals surface area contributed by atoms with Gasteiger partial charge in [-0.25, -0.2) is 0 Å². The standard InChI is InChI=1S/C13H23N3O2/c1-18-10-13(17)9-14-8-11-6-7-16(15-11)12-4-2-3-5-12/h6-7,12-14,17H,2-5,8-10H2,1H3. The van der Waals surface area contributed by atoms with Crippen LogP contribution in [0.1, 0.15) is 37.4 Å². The van der Waals surface area contributed by atoms with E-state index in [1.807, 2.05) is 6.07 Å². The lowest BCUT2D eigenvalue weighted by molar-refractivity contribution is 0.0643. The highest BCUT2D eigenvalue weighted by molar-refractivity contribution is 4.99. The molecule has 2 rings (SSSR count). The van der Waals surface area contributed by atoms with E-state index in [-0.39, 0.29) is 0 Å². The number of ether oxygens (including phenoxy) is 1. The van der Waals surface area contributed by atoms with Crippen molar-refractivity contribution in [3.05, 3.63) is 18.0 Å². The zero-order valence-corrected chi connectivity index (χ0v) is 11.0. The Hall–Kier alpha value is -0.910. The maximum Gasteiger partial charge on any atom is 0.0897 e. The molecule has 1 unspecified atom stereocenters. The molecule has 1 saturated carbocycles. The third-order valence-corrected chi connectivity index (χ3v) is 3.41. The van der Waals surface area contributed by atoms with Gasteiger partial charge < -0.3 is 15.2 Å². The predicted molar refractivity (Wildman–Crippen MR) is 69.3 cm³/mol. The molecule has 0 bridgehead atoms. The van der Waals surface area contributed by atoms with Crippen LogP contribution in [0.2, 0.25) is 0 Å². The molecular formula is C13H23N3O2. The average molecular weight is 253 g/mol. The Kier molecular flexibility index (Phi) is 5.16. The van der Waals surface area contributed by atoms with Gasteiger partial charge in [-0.1, -0.05) is 12.8 Å². The van der Waals surface area contributed by atoms with Crippen molar-refractivity contribution in [1.29, 1.82) is 0 Å². The minimum atomic E-state index is -0.452. The fourth-order valence-corrected chi connectivity index (χ4v) is 2.46. The Labute approximate surface area is 108 Å². The molecule has 1 aromatic heterocycles. The van der Waals surface area contributed by atoms with Crippen molar-refractivity contribution in [2.75, 3.05) is 20.3 Å². The number of aromatic nitrogens is 2. The molecule has 0 aromatic carbocycles. The van der Waals surface area contributed by atoms with Crippen molar-refractivity contribution < 1.29 is 9.84 Å². The van der Waals surface area contributed by atoms with Gasteiger partial charge in [0.25, 0.3) is 0 Å². The van der Waals surface area contributed by atoms with Crippen LogP contribution in [0, 0.1) is 0 Å². The Morgan fingerprint density at radius 1 is 1.56 bits per heavy atom. The third kappa shape index (κ3) is 3.80. The predicted octanol–water partition coefficient (Wildman–Crippen LogP) is 1.10. The van der Waals surface area contributed by atoms with Gasteiger partial charge in [0.1, 0.15) is 0 Å². The first-order chi connectivity index (χ1) is 8.79.